The molecular weight excluding hydrogens is 419 g/mol. The van der Waals surface area contributed by atoms with Crippen LogP contribution in [0.15, 0.2) is 17.2 Å². The number of hydrogen-bond donors (Lipinski definition) is 2. The van der Waals surface area contributed by atoms with Crippen LogP contribution in [0.5, 0.6) is 17.2 Å². The number of anilines is 1. The number of hydrogen-bond acceptors (Lipinski definition) is 7. The number of aromatic nitrogens is 1. The van der Waals surface area contributed by atoms with E-state index in [-0.39, 0.29) is 26.6 Å². The van der Waals surface area contributed by atoms with E-state index >= 15 is 0 Å². The predicted molar refractivity (Wildman–Crippen MR) is 105 cm³/mol. The van der Waals surface area contributed by atoms with Crippen LogP contribution in [-0.4, -0.2) is 38.4 Å². The van der Waals surface area contributed by atoms with Gasteiger partial charge in [0.15, 0.2) is 22.3 Å². The van der Waals surface area contributed by atoms with Crippen molar-refractivity contribution >= 4 is 52.6 Å². The molecule has 0 saturated carbocycles. The fourth-order valence-corrected chi connectivity index (χ4v) is 2.72. The highest BCUT2D eigenvalue weighted by Gasteiger charge is 2.19. The minimum Gasteiger partial charge on any atom is -0.493 e. The molecule has 0 aliphatic rings. The van der Waals surface area contributed by atoms with Crippen molar-refractivity contribution < 1.29 is 19.0 Å². The van der Waals surface area contributed by atoms with Crippen LogP contribution in [0.2, 0.25) is 15.2 Å². The Morgan fingerprint density at radius 1 is 1.11 bits per heavy atom. The molecule has 0 radical (unpaired) electrons. The summed E-state index contributed by atoms with van der Waals surface area (Å²) in [6, 6.07) is 3.35. The Hall–Kier alpha value is -2.42. The Morgan fingerprint density at radius 2 is 1.78 bits per heavy atom. The Bertz CT molecular complexity index is 906. The first-order chi connectivity index (χ1) is 12.8. The molecule has 0 atom stereocenters. The average Bonchev–Trinajstić information content (AvgIpc) is 2.68. The van der Waals surface area contributed by atoms with Crippen molar-refractivity contribution in [2.24, 2.45) is 5.10 Å². The lowest BCUT2D eigenvalue weighted by molar-refractivity contribution is 0.0950. The standard InChI is InChI=1S/C16H15Cl3N4O4/c1-25-8-5-4-7(13(26-2)14(8)27-3)6-21-23-16(24)12-9(17)11(20)10(18)15(19)22-12/h4-6H,1-3H3,(H2,20,22)(H,23,24)/b21-6-. The number of carbonyl (C=O) groups is 1. The number of benzene rings is 1. The van der Waals surface area contributed by atoms with E-state index in [4.69, 9.17) is 54.7 Å². The molecule has 27 heavy (non-hydrogen) atoms. The molecule has 2 aromatic rings. The number of pyridine rings is 1. The van der Waals surface area contributed by atoms with E-state index in [2.05, 4.69) is 15.5 Å². The first kappa shape index (κ1) is 20.9. The monoisotopic (exact) mass is 432 g/mol. The van der Waals surface area contributed by atoms with Crippen LogP contribution in [-0.2, 0) is 0 Å². The lowest BCUT2D eigenvalue weighted by atomic mass is 10.2. The van der Waals surface area contributed by atoms with Crippen molar-refractivity contribution in [2.75, 3.05) is 27.1 Å². The molecule has 1 heterocycles. The third-order valence-corrected chi connectivity index (χ3v) is 4.53. The van der Waals surface area contributed by atoms with Crippen LogP contribution in [0, 0.1) is 0 Å². The van der Waals surface area contributed by atoms with Gasteiger partial charge in [0, 0.05) is 5.56 Å². The summed E-state index contributed by atoms with van der Waals surface area (Å²) < 4.78 is 15.8. The molecule has 0 saturated heterocycles. The van der Waals surface area contributed by atoms with Gasteiger partial charge in [0.1, 0.15) is 5.02 Å². The zero-order chi connectivity index (χ0) is 20.1. The van der Waals surface area contributed by atoms with Crippen molar-refractivity contribution in [1.82, 2.24) is 10.4 Å². The molecule has 1 amide bonds. The first-order valence-electron chi connectivity index (χ1n) is 7.28. The van der Waals surface area contributed by atoms with E-state index in [9.17, 15) is 4.79 Å². The molecule has 11 heteroatoms. The quantitative estimate of drug-likeness (QED) is 0.410. The topological polar surface area (TPSA) is 108 Å². The maximum atomic E-state index is 12.2. The van der Waals surface area contributed by atoms with Gasteiger partial charge >= 0.3 is 0 Å². The molecule has 3 N–H and O–H groups in total. The van der Waals surface area contributed by atoms with Gasteiger partial charge in [0.05, 0.1) is 38.3 Å². The fourth-order valence-electron chi connectivity index (χ4n) is 2.12. The van der Waals surface area contributed by atoms with Crippen molar-refractivity contribution in [3.8, 4) is 17.2 Å². The predicted octanol–water partition coefficient (Wildman–Crippen LogP) is 3.41. The molecule has 144 valence electrons. The second-order valence-corrected chi connectivity index (χ2v) is 6.03. The smallest absolute Gasteiger partial charge is 0.291 e. The van der Waals surface area contributed by atoms with Crippen molar-refractivity contribution in [3.05, 3.63) is 38.6 Å². The summed E-state index contributed by atoms with van der Waals surface area (Å²) in [6.07, 6.45) is 1.35. The third kappa shape index (κ3) is 4.29. The van der Waals surface area contributed by atoms with Gasteiger partial charge in [-0.1, -0.05) is 34.8 Å². The zero-order valence-electron chi connectivity index (χ0n) is 14.5. The maximum Gasteiger partial charge on any atom is 0.291 e. The molecule has 0 aliphatic heterocycles. The number of methoxy groups -OCH3 is 3. The molecule has 8 nitrogen and oxygen atoms in total. The van der Waals surface area contributed by atoms with Gasteiger partial charge in [0.25, 0.3) is 5.91 Å². The number of halogens is 3. The molecular formula is C16H15Cl3N4O4. The number of nitrogen functional groups attached to an aromatic ring is 1. The van der Waals surface area contributed by atoms with E-state index in [1.54, 1.807) is 12.1 Å². The average molecular weight is 434 g/mol. The second kappa shape index (κ2) is 8.98. The maximum absolute atomic E-state index is 12.2. The highest BCUT2D eigenvalue weighted by molar-refractivity contribution is 6.46. The van der Waals surface area contributed by atoms with Gasteiger partial charge in [-0.05, 0) is 12.1 Å². The Kier molecular flexibility index (Phi) is 6.95. The van der Waals surface area contributed by atoms with Gasteiger partial charge in [0.2, 0.25) is 5.75 Å². The van der Waals surface area contributed by atoms with Crippen LogP contribution in [0.25, 0.3) is 0 Å². The summed E-state index contributed by atoms with van der Waals surface area (Å²) in [7, 11) is 4.45. The van der Waals surface area contributed by atoms with Gasteiger partial charge in [-0.3, -0.25) is 4.79 Å². The van der Waals surface area contributed by atoms with E-state index in [1.807, 2.05) is 0 Å². The third-order valence-electron chi connectivity index (χ3n) is 3.39. The summed E-state index contributed by atoms with van der Waals surface area (Å²) in [5, 5.41) is 3.56. The normalized spacial score (nSPS) is 10.7. The molecule has 0 fully saturated rings. The number of carbonyl (C=O) groups excluding carboxylic acids is 1. The minimum atomic E-state index is -0.721. The number of nitrogens with two attached hydrogens (primary N) is 1. The van der Waals surface area contributed by atoms with Crippen molar-refractivity contribution in [3.63, 3.8) is 0 Å². The molecule has 1 aromatic heterocycles. The van der Waals surface area contributed by atoms with Gasteiger partial charge in [-0.2, -0.15) is 5.10 Å². The van der Waals surface area contributed by atoms with E-state index in [0.717, 1.165) is 0 Å². The fraction of sp³-hybridized carbons (Fsp3) is 0.188. The molecule has 0 bridgehead atoms. The van der Waals surface area contributed by atoms with Crippen LogP contribution in [0.1, 0.15) is 16.1 Å². The van der Waals surface area contributed by atoms with Gasteiger partial charge < -0.3 is 19.9 Å². The molecule has 0 aliphatic carbocycles. The lowest BCUT2D eigenvalue weighted by Crippen LogP contribution is -2.20. The highest BCUT2D eigenvalue weighted by Crippen LogP contribution is 2.39. The summed E-state index contributed by atoms with van der Waals surface area (Å²) >= 11 is 17.6. The molecule has 1 aromatic carbocycles. The van der Waals surface area contributed by atoms with Crippen LogP contribution in [0.4, 0.5) is 5.69 Å². The van der Waals surface area contributed by atoms with E-state index in [1.165, 1.54) is 27.5 Å². The summed E-state index contributed by atoms with van der Waals surface area (Å²) in [4.78, 5) is 16.1. The zero-order valence-corrected chi connectivity index (χ0v) is 16.7. The number of hydrazone groups is 1. The largest absolute Gasteiger partial charge is 0.493 e. The molecule has 0 spiro atoms. The van der Waals surface area contributed by atoms with Crippen molar-refractivity contribution in [1.29, 1.82) is 0 Å². The number of rotatable bonds is 6. The van der Waals surface area contributed by atoms with Gasteiger partial charge in [-0.15, -0.1) is 0 Å². The second-order valence-electron chi connectivity index (χ2n) is 4.92. The van der Waals surface area contributed by atoms with E-state index < -0.39 is 5.91 Å². The van der Waals surface area contributed by atoms with Crippen LogP contribution >= 0.6 is 34.8 Å². The first-order valence-corrected chi connectivity index (χ1v) is 8.41. The lowest BCUT2D eigenvalue weighted by Gasteiger charge is -2.13. The van der Waals surface area contributed by atoms with Crippen LogP contribution in [0.3, 0.4) is 0 Å². The number of nitrogens with one attached hydrogen (secondary N) is 1. The number of ether oxygens (including phenoxy) is 3. The van der Waals surface area contributed by atoms with Crippen molar-refractivity contribution in [2.45, 2.75) is 0 Å². The highest BCUT2D eigenvalue weighted by atomic mass is 35.5. The van der Waals surface area contributed by atoms with Gasteiger partial charge in [-0.25, -0.2) is 10.4 Å². The Labute approximate surface area is 170 Å². The summed E-state index contributed by atoms with van der Waals surface area (Å²) in [5.74, 6) is 0.529. The Balaban J connectivity index is 2.27. The molecule has 0 unspecified atom stereocenters. The summed E-state index contributed by atoms with van der Waals surface area (Å²) in [6.45, 7) is 0. The Morgan fingerprint density at radius 3 is 2.37 bits per heavy atom. The minimum absolute atomic E-state index is 0.0308. The van der Waals surface area contributed by atoms with E-state index in [0.29, 0.717) is 22.8 Å². The number of amides is 1. The number of nitrogens with zero attached hydrogens (tertiary/aromatic N) is 2. The summed E-state index contributed by atoms with van der Waals surface area (Å²) in [5.41, 5.74) is 8.24. The SMILES string of the molecule is COc1ccc(/C=N\NC(=O)c2nc(Cl)c(Cl)c(N)c2Cl)c(OC)c1OC. The van der Waals surface area contributed by atoms with Crippen LogP contribution < -0.4 is 25.4 Å². The molecule has 2 rings (SSSR count).